The zero-order valence-electron chi connectivity index (χ0n) is 33.9. The fraction of sp³-hybridized carbons (Fsp3) is 0.659. The van der Waals surface area contributed by atoms with Crippen molar-refractivity contribution in [2.45, 2.75) is 129 Å². The summed E-state index contributed by atoms with van der Waals surface area (Å²) in [6.07, 6.45) is -1.19. The van der Waals surface area contributed by atoms with Crippen molar-refractivity contribution >= 4 is 35.0 Å². The first-order valence-corrected chi connectivity index (χ1v) is 20.1. The number of fused-ring (bicyclic) bond motifs is 1. The van der Waals surface area contributed by atoms with E-state index in [1.165, 1.54) is 18.3 Å². The summed E-state index contributed by atoms with van der Waals surface area (Å²) in [5, 5.41) is 14.4. The largest absolute Gasteiger partial charge is 0.458 e. The molecule has 1 unspecified atom stereocenters. The molecule has 15 heteroatoms. The van der Waals surface area contributed by atoms with E-state index in [2.05, 4.69) is 27.1 Å². The second kappa shape index (κ2) is 17.8. The van der Waals surface area contributed by atoms with Crippen LogP contribution in [0, 0.1) is 35.5 Å². The molecule has 306 valence electrons. The molecule has 2 N–H and O–H groups in total. The molecule has 0 bridgehead atoms. The smallest absolute Gasteiger partial charge is 0.408 e. The number of nitrogens with zero attached hydrogens (tertiary/aromatic N) is 3. The predicted octanol–water partition coefficient (Wildman–Crippen LogP) is 4.42. The Balaban J connectivity index is 1.55. The molecule has 0 saturated carbocycles. The van der Waals surface area contributed by atoms with Gasteiger partial charge in [0, 0.05) is 36.2 Å². The Morgan fingerprint density at radius 3 is 2.39 bits per heavy atom. The fourth-order valence-corrected chi connectivity index (χ4v) is 9.23. The topological polar surface area (TPSA) is 176 Å². The maximum absolute atomic E-state index is 14.4. The highest BCUT2D eigenvalue weighted by atomic mass is 32.1. The predicted molar refractivity (Wildman–Crippen MR) is 207 cm³/mol. The Bertz CT molecular complexity index is 1800. The van der Waals surface area contributed by atoms with E-state index in [1.807, 2.05) is 38.1 Å². The highest BCUT2D eigenvalue weighted by Gasteiger charge is 2.57. The van der Waals surface area contributed by atoms with E-state index in [1.54, 1.807) is 60.0 Å². The van der Waals surface area contributed by atoms with Gasteiger partial charge in [-0.1, -0.05) is 39.5 Å². The van der Waals surface area contributed by atoms with Crippen molar-refractivity contribution in [1.29, 1.82) is 0 Å². The molecule has 3 fully saturated rings. The third-order valence-electron chi connectivity index (χ3n) is 11.5. The number of esters is 1. The number of ketones is 2. The summed E-state index contributed by atoms with van der Waals surface area (Å²) in [5.41, 5.74) is -2.80. The van der Waals surface area contributed by atoms with Crippen molar-refractivity contribution < 1.29 is 48.0 Å². The SMILES string of the molecule is CC[C@@H]1OC(=O)[C@H](C)C(=O)[C@H](C)[C@@H](O[C@@H]2O[C@H](C)C[C@H](N(C)C)[C@H]2O)C(C)(OCC#Cc2ccc(-c3ncccn3)s2)C[C@@H](C)C(=O)[C@@H](C)[C@H]2NC(=O)O[C@]12C. The quantitative estimate of drug-likeness (QED) is 0.229. The van der Waals surface area contributed by atoms with E-state index in [0.29, 0.717) is 12.2 Å². The number of ether oxygens (including phenoxy) is 5. The van der Waals surface area contributed by atoms with E-state index in [4.69, 9.17) is 23.7 Å². The van der Waals surface area contributed by atoms with Crippen molar-refractivity contribution in [3.63, 3.8) is 0 Å². The van der Waals surface area contributed by atoms with Gasteiger partial charge in [-0.05, 0) is 79.3 Å². The molecule has 3 aliphatic heterocycles. The number of nitrogens with one attached hydrogen (secondary N) is 1. The van der Waals surface area contributed by atoms with Gasteiger partial charge >= 0.3 is 12.1 Å². The summed E-state index contributed by atoms with van der Waals surface area (Å²) in [6, 6.07) is 4.35. The van der Waals surface area contributed by atoms with Gasteiger partial charge in [-0.2, -0.15) is 0 Å². The molecule has 3 aliphatic rings. The minimum atomic E-state index is -1.41. The van der Waals surface area contributed by atoms with E-state index in [9.17, 15) is 24.3 Å². The number of alkyl carbamates (subject to hydrolysis) is 1. The van der Waals surface area contributed by atoms with Crippen LogP contribution in [0.25, 0.3) is 10.7 Å². The van der Waals surface area contributed by atoms with Gasteiger partial charge in [-0.25, -0.2) is 14.8 Å². The summed E-state index contributed by atoms with van der Waals surface area (Å²) in [4.78, 5) is 67.5. The van der Waals surface area contributed by atoms with Gasteiger partial charge in [0.05, 0.1) is 33.6 Å². The maximum atomic E-state index is 14.4. The highest BCUT2D eigenvalue weighted by molar-refractivity contribution is 7.15. The van der Waals surface area contributed by atoms with E-state index in [0.717, 1.165) is 9.75 Å². The lowest BCUT2D eigenvalue weighted by atomic mass is 9.73. The van der Waals surface area contributed by atoms with E-state index >= 15 is 0 Å². The minimum absolute atomic E-state index is 0.0540. The molecule has 14 nitrogen and oxygen atoms in total. The third kappa shape index (κ3) is 9.16. The summed E-state index contributed by atoms with van der Waals surface area (Å²) in [6.45, 7) is 13.5. The van der Waals surface area contributed by atoms with Gasteiger partial charge in [0.15, 0.2) is 23.5 Å². The number of aliphatic hydroxyl groups excluding tert-OH is 1. The van der Waals surface area contributed by atoms with Crippen molar-refractivity contribution in [3.05, 3.63) is 35.5 Å². The molecule has 0 aliphatic carbocycles. The van der Waals surface area contributed by atoms with Gasteiger partial charge in [-0.15, -0.1) is 11.3 Å². The highest BCUT2D eigenvalue weighted by Crippen LogP contribution is 2.40. The Labute approximate surface area is 333 Å². The molecule has 0 spiro atoms. The molecule has 0 aromatic carbocycles. The number of Topliss-reactive ketones (excluding diaryl/α,β-unsaturated/α-hetero) is 2. The summed E-state index contributed by atoms with van der Waals surface area (Å²) in [5.74, 6) is 1.54. The lowest BCUT2D eigenvalue weighted by Crippen LogP contribution is -2.60. The molecular formula is C41H56N4O10S. The Hall–Kier alpha value is -3.78. The Morgan fingerprint density at radius 2 is 1.73 bits per heavy atom. The summed E-state index contributed by atoms with van der Waals surface area (Å²) < 4.78 is 31.2. The second-order valence-corrected chi connectivity index (χ2v) is 17.1. The van der Waals surface area contributed by atoms with Gasteiger partial charge in [0.2, 0.25) is 0 Å². The first-order chi connectivity index (χ1) is 26.4. The van der Waals surface area contributed by atoms with Gasteiger partial charge in [0.1, 0.15) is 30.5 Å². The van der Waals surface area contributed by atoms with E-state index < -0.39 is 83.4 Å². The molecule has 5 heterocycles. The van der Waals surface area contributed by atoms with Crippen LogP contribution in [0.1, 0.15) is 79.5 Å². The Morgan fingerprint density at radius 1 is 1.04 bits per heavy atom. The lowest BCUT2D eigenvalue weighted by molar-refractivity contribution is -0.296. The first-order valence-electron chi connectivity index (χ1n) is 19.3. The molecule has 13 atom stereocenters. The van der Waals surface area contributed by atoms with Crippen LogP contribution in [0.5, 0.6) is 0 Å². The van der Waals surface area contributed by atoms with Crippen molar-refractivity contribution in [2.24, 2.45) is 23.7 Å². The van der Waals surface area contributed by atoms with Gasteiger partial charge < -0.3 is 39.0 Å². The van der Waals surface area contributed by atoms with Crippen LogP contribution in [-0.4, -0.2) is 118 Å². The monoisotopic (exact) mass is 796 g/mol. The van der Waals surface area contributed by atoms with Crippen LogP contribution in [0.3, 0.4) is 0 Å². The van der Waals surface area contributed by atoms with Crippen LogP contribution >= 0.6 is 11.3 Å². The number of aromatic nitrogens is 2. The average Bonchev–Trinajstić information content (AvgIpc) is 3.77. The number of carbonyl (C=O) groups is 4. The Kier molecular flexibility index (Phi) is 13.8. The van der Waals surface area contributed by atoms with Crippen LogP contribution in [-0.2, 0) is 38.1 Å². The number of amides is 1. The summed E-state index contributed by atoms with van der Waals surface area (Å²) in [7, 11) is 3.72. The molecule has 2 aromatic heterocycles. The van der Waals surface area contributed by atoms with Crippen LogP contribution < -0.4 is 5.32 Å². The van der Waals surface area contributed by atoms with Gasteiger partial charge in [0.25, 0.3) is 0 Å². The lowest BCUT2D eigenvalue weighted by Gasteiger charge is -2.47. The number of hydrogen-bond donors (Lipinski definition) is 2. The van der Waals surface area contributed by atoms with Crippen molar-refractivity contribution in [2.75, 3.05) is 20.7 Å². The molecule has 5 rings (SSSR count). The standard InChI is InChI=1S/C41H56N4O10S/c1-11-30-41(8)34(44-39(50)55-41)24(4)31(46)22(2)21-40(7,51-19-12-14-27-15-16-29(56-27)36-42-17-13-18-43-36)35(25(5)32(47)26(6)37(49)53-30)54-38-33(48)28(45(9)10)20-23(3)52-38/h13,15-18,22-26,28,30,33-35,38,48H,11,19-21H2,1-10H3,(H,44,50)/t22-,23-,24-,25+,26-,28+,30+,33-,34-,35-,38+,40?,41-/m1/s1. The molecule has 1 amide bonds. The first kappa shape index (κ1) is 43.3. The maximum Gasteiger partial charge on any atom is 0.408 e. The molecule has 3 saturated heterocycles. The normalized spacial score (nSPS) is 37.1. The van der Waals surface area contributed by atoms with Crippen molar-refractivity contribution in [1.82, 2.24) is 20.2 Å². The number of rotatable bonds is 7. The van der Waals surface area contributed by atoms with Crippen LogP contribution in [0.2, 0.25) is 0 Å². The number of carbonyl (C=O) groups excluding carboxylic acids is 4. The zero-order valence-corrected chi connectivity index (χ0v) is 34.8. The second-order valence-electron chi connectivity index (χ2n) is 16.0. The zero-order chi connectivity index (χ0) is 41.1. The molecule has 0 radical (unpaired) electrons. The number of hydrogen-bond acceptors (Lipinski definition) is 14. The minimum Gasteiger partial charge on any atom is -0.458 e. The number of cyclic esters (lactones) is 1. The van der Waals surface area contributed by atoms with E-state index in [-0.39, 0.29) is 37.4 Å². The van der Waals surface area contributed by atoms with Crippen LogP contribution in [0.4, 0.5) is 4.79 Å². The molecule has 2 aromatic rings. The number of likely N-dealkylation sites (N-methyl/N-ethyl adjacent to an activating group) is 1. The molecule has 56 heavy (non-hydrogen) atoms. The van der Waals surface area contributed by atoms with Crippen LogP contribution in [0.15, 0.2) is 30.6 Å². The third-order valence-corrected chi connectivity index (χ3v) is 12.5. The van der Waals surface area contributed by atoms with Gasteiger partial charge in [-0.3, -0.25) is 14.4 Å². The average molecular weight is 797 g/mol. The fourth-order valence-electron chi connectivity index (χ4n) is 8.40. The summed E-state index contributed by atoms with van der Waals surface area (Å²) >= 11 is 1.43. The number of thiophene rings is 1. The van der Waals surface area contributed by atoms with Crippen molar-refractivity contribution in [3.8, 4) is 22.5 Å². The molecular weight excluding hydrogens is 741 g/mol. The number of aliphatic hydroxyl groups is 1.